The Bertz CT molecular complexity index is 626. The van der Waals surface area contributed by atoms with Crippen LogP contribution in [0.4, 0.5) is 15.2 Å². The first-order valence-electron chi connectivity index (χ1n) is 5.48. The monoisotopic (exact) mass is 263 g/mol. The topological polar surface area (TPSA) is 59.2 Å². The molecule has 1 aliphatic heterocycles. The van der Waals surface area contributed by atoms with Crippen LogP contribution in [0, 0.1) is 5.82 Å². The van der Waals surface area contributed by atoms with Crippen molar-refractivity contribution in [3.8, 4) is 0 Å². The van der Waals surface area contributed by atoms with Gasteiger partial charge in [-0.2, -0.15) is 0 Å². The van der Waals surface area contributed by atoms with Gasteiger partial charge in [0.2, 0.25) is 0 Å². The molecule has 6 heteroatoms. The highest BCUT2D eigenvalue weighted by molar-refractivity contribution is 7.17. The van der Waals surface area contributed by atoms with Crippen molar-refractivity contribution >= 4 is 28.1 Å². The molecule has 0 saturated heterocycles. The summed E-state index contributed by atoms with van der Waals surface area (Å²) in [6, 6.07) is 6.02. The summed E-state index contributed by atoms with van der Waals surface area (Å²) >= 11 is 1.18. The average Bonchev–Trinajstić information content (AvgIpc) is 2.71. The predicted molar refractivity (Wildman–Crippen MR) is 68.3 cm³/mol. The van der Waals surface area contributed by atoms with Crippen molar-refractivity contribution in [2.45, 2.75) is 6.42 Å². The average molecular weight is 263 g/mol. The van der Waals surface area contributed by atoms with E-state index in [9.17, 15) is 9.18 Å². The molecule has 0 bridgehead atoms. The van der Waals surface area contributed by atoms with Gasteiger partial charge in [-0.3, -0.25) is 4.79 Å². The van der Waals surface area contributed by atoms with Crippen LogP contribution in [-0.2, 0) is 6.42 Å². The highest BCUT2D eigenvalue weighted by Crippen LogP contribution is 2.29. The van der Waals surface area contributed by atoms with E-state index in [-0.39, 0.29) is 11.7 Å². The molecule has 0 radical (unpaired) electrons. The summed E-state index contributed by atoms with van der Waals surface area (Å²) in [6.45, 7) is 0.498. The number of nitrogen functional groups attached to an aromatic ring is 1. The fourth-order valence-corrected chi connectivity index (χ4v) is 2.87. The number of anilines is 2. The highest BCUT2D eigenvalue weighted by Gasteiger charge is 2.28. The van der Waals surface area contributed by atoms with Crippen LogP contribution in [0.1, 0.15) is 15.4 Å². The zero-order valence-corrected chi connectivity index (χ0v) is 10.2. The molecule has 1 aromatic heterocycles. The van der Waals surface area contributed by atoms with Gasteiger partial charge in [0, 0.05) is 18.7 Å². The van der Waals surface area contributed by atoms with E-state index >= 15 is 0 Å². The van der Waals surface area contributed by atoms with Crippen molar-refractivity contribution < 1.29 is 9.18 Å². The van der Waals surface area contributed by atoms with Crippen molar-refractivity contribution in [3.63, 3.8) is 0 Å². The van der Waals surface area contributed by atoms with Crippen LogP contribution in [0.3, 0.4) is 0 Å². The molecule has 0 aliphatic carbocycles. The first kappa shape index (κ1) is 11.2. The maximum atomic E-state index is 13.2. The Morgan fingerprint density at radius 1 is 1.44 bits per heavy atom. The Labute approximate surface area is 107 Å². The molecule has 0 atom stereocenters. The fraction of sp³-hybridized carbons (Fsp3) is 0.167. The molecule has 0 saturated carbocycles. The number of amides is 1. The largest absolute Gasteiger partial charge is 0.375 e. The first-order chi connectivity index (χ1) is 8.65. The van der Waals surface area contributed by atoms with E-state index < -0.39 is 0 Å². The van der Waals surface area contributed by atoms with Gasteiger partial charge in [-0.15, -0.1) is 0 Å². The predicted octanol–water partition coefficient (Wildman–Crippen LogP) is 2.07. The van der Waals surface area contributed by atoms with Crippen LogP contribution < -0.4 is 10.6 Å². The van der Waals surface area contributed by atoms with E-state index in [0.717, 1.165) is 5.69 Å². The lowest BCUT2D eigenvalue weighted by atomic mass is 10.1. The lowest BCUT2D eigenvalue weighted by Gasteiger charge is -2.25. The van der Waals surface area contributed by atoms with Gasteiger partial charge >= 0.3 is 0 Å². The summed E-state index contributed by atoms with van der Waals surface area (Å²) in [4.78, 5) is 18.5. The van der Waals surface area contributed by atoms with E-state index in [0.29, 0.717) is 28.7 Å². The summed E-state index contributed by atoms with van der Waals surface area (Å²) < 4.78 is 13.2. The summed E-state index contributed by atoms with van der Waals surface area (Å²) in [5, 5.41) is 0.398. The van der Waals surface area contributed by atoms with Crippen LogP contribution in [0.2, 0.25) is 0 Å². The molecule has 92 valence electrons. The van der Waals surface area contributed by atoms with Gasteiger partial charge < -0.3 is 10.6 Å². The summed E-state index contributed by atoms with van der Waals surface area (Å²) in [5.74, 6) is -0.508. The number of benzene rings is 1. The second-order valence-corrected chi connectivity index (χ2v) is 5.05. The number of hydrogen-bond acceptors (Lipinski definition) is 4. The molecule has 1 aliphatic rings. The third-order valence-corrected chi connectivity index (χ3v) is 3.76. The number of aromatic nitrogens is 1. The Hall–Kier alpha value is -1.95. The van der Waals surface area contributed by atoms with E-state index in [4.69, 9.17) is 5.73 Å². The maximum Gasteiger partial charge on any atom is 0.270 e. The number of nitrogens with zero attached hydrogens (tertiary/aromatic N) is 2. The number of rotatable bonds is 1. The highest BCUT2D eigenvalue weighted by atomic mass is 32.1. The number of carbonyl (C=O) groups is 1. The molecule has 2 N–H and O–H groups in total. The molecule has 2 heterocycles. The minimum atomic E-state index is -0.352. The second-order valence-electron chi connectivity index (χ2n) is 4.01. The van der Waals surface area contributed by atoms with Crippen LogP contribution in [0.5, 0.6) is 0 Å². The Morgan fingerprint density at radius 3 is 3.06 bits per heavy atom. The SMILES string of the molecule is Nc1nc2c(s1)C(=O)N(c1cccc(F)c1)CC2. The number of nitrogens with two attached hydrogens (primary N) is 1. The van der Waals surface area contributed by atoms with Crippen molar-refractivity contribution in [1.82, 2.24) is 4.98 Å². The van der Waals surface area contributed by atoms with Crippen molar-refractivity contribution in [3.05, 3.63) is 40.7 Å². The quantitative estimate of drug-likeness (QED) is 0.856. The zero-order valence-electron chi connectivity index (χ0n) is 9.39. The van der Waals surface area contributed by atoms with E-state index in [1.165, 1.54) is 23.5 Å². The maximum absolute atomic E-state index is 13.2. The third-order valence-electron chi connectivity index (χ3n) is 2.85. The van der Waals surface area contributed by atoms with Gasteiger partial charge in [0.15, 0.2) is 5.13 Å². The lowest BCUT2D eigenvalue weighted by Crippen LogP contribution is -2.36. The normalized spacial score (nSPS) is 14.7. The molecule has 4 nitrogen and oxygen atoms in total. The molecule has 1 aromatic carbocycles. The summed E-state index contributed by atoms with van der Waals surface area (Å²) in [7, 11) is 0. The molecule has 2 aromatic rings. The second kappa shape index (κ2) is 4.06. The van der Waals surface area contributed by atoms with Gasteiger partial charge in [-0.25, -0.2) is 9.37 Å². The zero-order chi connectivity index (χ0) is 12.7. The molecular weight excluding hydrogens is 253 g/mol. The Morgan fingerprint density at radius 2 is 2.28 bits per heavy atom. The molecule has 0 unspecified atom stereocenters. The van der Waals surface area contributed by atoms with E-state index in [1.54, 1.807) is 17.0 Å². The smallest absolute Gasteiger partial charge is 0.270 e. The van der Waals surface area contributed by atoms with Gasteiger partial charge in [-0.05, 0) is 18.2 Å². The van der Waals surface area contributed by atoms with Crippen molar-refractivity contribution in [2.75, 3.05) is 17.2 Å². The van der Waals surface area contributed by atoms with Gasteiger partial charge in [0.1, 0.15) is 10.7 Å². The van der Waals surface area contributed by atoms with Crippen molar-refractivity contribution in [2.24, 2.45) is 0 Å². The molecular formula is C12H10FN3OS. The minimum absolute atomic E-state index is 0.156. The van der Waals surface area contributed by atoms with Gasteiger partial charge in [-0.1, -0.05) is 17.4 Å². The van der Waals surface area contributed by atoms with Crippen LogP contribution in [0.15, 0.2) is 24.3 Å². The standard InChI is InChI=1S/C12H10FN3OS/c13-7-2-1-3-8(6-7)16-5-4-9-10(11(16)17)18-12(14)15-9/h1-3,6H,4-5H2,(H2,14,15). The molecule has 3 rings (SSSR count). The Balaban J connectivity index is 2.00. The number of halogens is 1. The van der Waals surface area contributed by atoms with Gasteiger partial charge in [0.05, 0.1) is 5.69 Å². The molecule has 1 amide bonds. The first-order valence-corrected chi connectivity index (χ1v) is 6.29. The van der Waals surface area contributed by atoms with E-state index in [1.807, 2.05) is 0 Å². The molecule has 0 spiro atoms. The molecule has 18 heavy (non-hydrogen) atoms. The van der Waals surface area contributed by atoms with Crippen LogP contribution >= 0.6 is 11.3 Å². The van der Waals surface area contributed by atoms with Crippen LogP contribution in [-0.4, -0.2) is 17.4 Å². The number of hydrogen-bond donors (Lipinski definition) is 1. The minimum Gasteiger partial charge on any atom is -0.375 e. The van der Waals surface area contributed by atoms with Crippen molar-refractivity contribution in [1.29, 1.82) is 0 Å². The van der Waals surface area contributed by atoms with E-state index in [2.05, 4.69) is 4.98 Å². The Kier molecular flexibility index (Phi) is 2.52. The third kappa shape index (κ3) is 1.74. The summed E-state index contributed by atoms with van der Waals surface area (Å²) in [5.41, 5.74) is 6.92. The van der Waals surface area contributed by atoms with Gasteiger partial charge in [0.25, 0.3) is 5.91 Å². The number of fused-ring (bicyclic) bond motifs is 1. The lowest BCUT2D eigenvalue weighted by molar-refractivity contribution is 0.0984. The summed E-state index contributed by atoms with van der Waals surface area (Å²) in [6.07, 6.45) is 0.644. The number of carbonyl (C=O) groups excluding carboxylic acids is 1. The fourth-order valence-electron chi connectivity index (χ4n) is 2.04. The number of thiazole rings is 1. The molecule has 0 fully saturated rings. The van der Waals surface area contributed by atoms with Crippen LogP contribution in [0.25, 0.3) is 0 Å².